The topological polar surface area (TPSA) is 101 Å². The molecule has 1 aliphatic rings. The van der Waals surface area contributed by atoms with Gasteiger partial charge in [0.1, 0.15) is 11.0 Å². The monoisotopic (exact) mass is 327 g/mol. The highest BCUT2D eigenvalue weighted by Crippen LogP contribution is 2.25. The zero-order valence-electron chi connectivity index (χ0n) is 12.1. The summed E-state index contributed by atoms with van der Waals surface area (Å²) in [5.41, 5.74) is 0.523. The molecule has 7 nitrogen and oxygen atoms in total. The van der Waals surface area contributed by atoms with Crippen molar-refractivity contribution in [2.24, 2.45) is 0 Å². The van der Waals surface area contributed by atoms with Crippen molar-refractivity contribution in [3.63, 3.8) is 0 Å². The largest absolute Gasteiger partial charge is 0.482 e. The van der Waals surface area contributed by atoms with Gasteiger partial charge in [-0.25, -0.2) is 13.2 Å². The minimum Gasteiger partial charge on any atom is -0.482 e. The predicted octanol–water partition coefficient (Wildman–Crippen LogP) is 0.690. The van der Waals surface area contributed by atoms with E-state index in [1.165, 1.54) is 24.1 Å². The molecule has 0 spiro atoms. The molecule has 8 heteroatoms. The van der Waals surface area contributed by atoms with Gasteiger partial charge in [0.15, 0.2) is 16.4 Å². The van der Waals surface area contributed by atoms with Gasteiger partial charge in [0.25, 0.3) is 0 Å². The van der Waals surface area contributed by atoms with E-state index in [1.807, 2.05) is 0 Å². The Hall–Kier alpha value is -2.09. The van der Waals surface area contributed by atoms with Crippen LogP contribution < -0.4 is 9.64 Å². The third kappa shape index (κ3) is 3.56. The molecule has 1 aromatic carbocycles. The van der Waals surface area contributed by atoms with Crippen molar-refractivity contribution in [2.45, 2.75) is 18.1 Å². The number of anilines is 1. The Balaban J connectivity index is 2.07. The van der Waals surface area contributed by atoms with E-state index in [0.717, 1.165) is 0 Å². The third-order valence-corrected chi connectivity index (χ3v) is 5.68. The van der Waals surface area contributed by atoms with Gasteiger partial charge in [-0.2, -0.15) is 0 Å². The summed E-state index contributed by atoms with van der Waals surface area (Å²) in [6.07, 6.45) is 0.861. The van der Waals surface area contributed by atoms with Gasteiger partial charge < -0.3 is 14.7 Å². The molecule has 22 heavy (non-hydrogen) atoms. The van der Waals surface area contributed by atoms with Gasteiger partial charge in [-0.05, 0) is 37.1 Å². The highest BCUT2D eigenvalue weighted by Gasteiger charge is 2.38. The maximum absolute atomic E-state index is 12.3. The number of hydrogen-bond donors (Lipinski definition) is 1. The summed E-state index contributed by atoms with van der Waals surface area (Å²) in [7, 11) is -1.83. The molecule has 1 unspecified atom stereocenters. The fraction of sp³-hybridized carbons (Fsp3) is 0.429. The summed E-state index contributed by atoms with van der Waals surface area (Å²) < 4.78 is 28.6. The molecular formula is C14H17NO6S. The SMILES string of the molecule is CN(C(=O)C1CCCS1(=O)=O)c1ccc(OCC(=O)O)cc1. The normalized spacial score (nSPS) is 19.6. The van der Waals surface area contributed by atoms with Crippen molar-refractivity contribution in [2.75, 3.05) is 24.3 Å². The maximum Gasteiger partial charge on any atom is 0.341 e. The van der Waals surface area contributed by atoms with Crippen LogP contribution in [0.15, 0.2) is 24.3 Å². The molecule has 1 amide bonds. The van der Waals surface area contributed by atoms with Crippen molar-refractivity contribution >= 4 is 27.4 Å². The Kier molecular flexibility index (Phi) is 4.70. The summed E-state index contributed by atoms with van der Waals surface area (Å²) in [6, 6.07) is 6.23. The van der Waals surface area contributed by atoms with Crippen LogP contribution in [-0.4, -0.2) is 50.1 Å². The molecule has 0 radical (unpaired) electrons. The molecule has 1 aliphatic heterocycles. The number of ether oxygens (including phenoxy) is 1. The van der Waals surface area contributed by atoms with E-state index < -0.39 is 33.6 Å². The first kappa shape index (κ1) is 16.3. The van der Waals surface area contributed by atoms with Crippen molar-refractivity contribution in [1.29, 1.82) is 0 Å². The van der Waals surface area contributed by atoms with Crippen LogP contribution in [0.3, 0.4) is 0 Å². The number of aliphatic carboxylic acids is 1. The smallest absolute Gasteiger partial charge is 0.341 e. The van der Waals surface area contributed by atoms with Crippen LogP contribution in [0.2, 0.25) is 0 Å². The van der Waals surface area contributed by atoms with Crippen LogP contribution in [0.25, 0.3) is 0 Å². The van der Waals surface area contributed by atoms with Crippen LogP contribution in [0.5, 0.6) is 5.75 Å². The van der Waals surface area contributed by atoms with Gasteiger partial charge in [0.2, 0.25) is 5.91 Å². The van der Waals surface area contributed by atoms with E-state index in [0.29, 0.717) is 24.3 Å². The summed E-state index contributed by atoms with van der Waals surface area (Å²) in [5.74, 6) is -1.11. The molecule has 1 aromatic rings. The Bertz CT molecular complexity index is 667. The second-order valence-electron chi connectivity index (χ2n) is 5.07. The Labute approximate surface area is 128 Å². The second kappa shape index (κ2) is 6.35. The van der Waals surface area contributed by atoms with E-state index in [9.17, 15) is 18.0 Å². The minimum atomic E-state index is -3.35. The van der Waals surface area contributed by atoms with Gasteiger partial charge in [0, 0.05) is 12.7 Å². The molecule has 1 N–H and O–H groups in total. The van der Waals surface area contributed by atoms with Crippen LogP contribution in [0.1, 0.15) is 12.8 Å². The van der Waals surface area contributed by atoms with E-state index in [4.69, 9.17) is 9.84 Å². The Morgan fingerprint density at radius 1 is 1.32 bits per heavy atom. The lowest BCUT2D eigenvalue weighted by molar-refractivity contribution is -0.139. The van der Waals surface area contributed by atoms with Crippen molar-refractivity contribution in [3.05, 3.63) is 24.3 Å². The first-order valence-electron chi connectivity index (χ1n) is 6.75. The number of nitrogens with zero attached hydrogens (tertiary/aromatic N) is 1. The quantitative estimate of drug-likeness (QED) is 0.854. The predicted molar refractivity (Wildman–Crippen MR) is 79.8 cm³/mol. The van der Waals surface area contributed by atoms with Crippen molar-refractivity contribution < 1.29 is 27.9 Å². The minimum absolute atomic E-state index is 0.0548. The summed E-state index contributed by atoms with van der Waals surface area (Å²) in [6.45, 7) is -0.450. The highest BCUT2D eigenvalue weighted by atomic mass is 32.2. The summed E-state index contributed by atoms with van der Waals surface area (Å²) in [5, 5.41) is 7.55. The van der Waals surface area contributed by atoms with Crippen LogP contribution in [-0.2, 0) is 19.4 Å². The van der Waals surface area contributed by atoms with E-state index in [2.05, 4.69) is 0 Å². The third-order valence-electron chi connectivity index (χ3n) is 3.52. The number of carboxylic acids is 1. The molecule has 1 saturated heterocycles. The standard InChI is InChI=1S/C14H17NO6S/c1-15(14(18)12-3-2-8-22(12,19)20)10-4-6-11(7-5-10)21-9-13(16)17/h4-7,12H,2-3,8-9H2,1H3,(H,16,17). The van der Waals surface area contributed by atoms with Gasteiger partial charge in [-0.3, -0.25) is 4.79 Å². The summed E-state index contributed by atoms with van der Waals surface area (Å²) in [4.78, 5) is 24.0. The molecule has 0 aromatic heterocycles. The Morgan fingerprint density at radius 2 is 1.95 bits per heavy atom. The van der Waals surface area contributed by atoms with Crippen LogP contribution in [0.4, 0.5) is 5.69 Å². The molecule has 1 fully saturated rings. The molecule has 0 saturated carbocycles. The number of amides is 1. The lowest BCUT2D eigenvalue weighted by Crippen LogP contribution is -2.39. The number of sulfone groups is 1. The first-order chi connectivity index (χ1) is 10.3. The average molecular weight is 327 g/mol. The van der Waals surface area contributed by atoms with E-state index >= 15 is 0 Å². The number of carboxylic acid groups (broad SMARTS) is 1. The van der Waals surface area contributed by atoms with Crippen molar-refractivity contribution in [1.82, 2.24) is 0 Å². The number of rotatable bonds is 5. The lowest BCUT2D eigenvalue weighted by Gasteiger charge is -2.21. The molecule has 120 valence electrons. The van der Waals surface area contributed by atoms with Gasteiger partial charge in [0.05, 0.1) is 5.75 Å². The fourth-order valence-corrected chi connectivity index (χ4v) is 4.17. The zero-order valence-corrected chi connectivity index (χ0v) is 12.9. The number of hydrogen-bond acceptors (Lipinski definition) is 5. The molecule has 1 heterocycles. The summed E-state index contributed by atoms with van der Waals surface area (Å²) >= 11 is 0. The van der Waals surface area contributed by atoms with Crippen LogP contribution in [0, 0.1) is 0 Å². The van der Waals surface area contributed by atoms with Gasteiger partial charge in [-0.1, -0.05) is 0 Å². The lowest BCUT2D eigenvalue weighted by atomic mass is 10.2. The number of carbonyl (C=O) groups excluding carboxylic acids is 1. The van der Waals surface area contributed by atoms with Crippen molar-refractivity contribution in [3.8, 4) is 5.75 Å². The Morgan fingerprint density at radius 3 is 2.45 bits per heavy atom. The molecule has 2 rings (SSSR count). The van der Waals surface area contributed by atoms with Gasteiger partial charge >= 0.3 is 5.97 Å². The molecule has 0 aliphatic carbocycles. The fourth-order valence-electron chi connectivity index (χ4n) is 2.32. The first-order valence-corrected chi connectivity index (χ1v) is 8.46. The average Bonchev–Trinajstić information content (AvgIpc) is 2.83. The zero-order chi connectivity index (χ0) is 16.3. The highest BCUT2D eigenvalue weighted by molar-refractivity contribution is 7.93. The number of benzene rings is 1. The molecular weight excluding hydrogens is 310 g/mol. The maximum atomic E-state index is 12.3. The van der Waals surface area contributed by atoms with Crippen LogP contribution >= 0.6 is 0 Å². The van der Waals surface area contributed by atoms with E-state index in [1.54, 1.807) is 12.1 Å². The molecule has 0 bridgehead atoms. The number of carbonyl (C=O) groups is 2. The van der Waals surface area contributed by atoms with E-state index in [-0.39, 0.29) is 5.75 Å². The molecule has 1 atom stereocenters. The second-order valence-corrected chi connectivity index (χ2v) is 7.37. The van der Waals surface area contributed by atoms with Gasteiger partial charge in [-0.15, -0.1) is 0 Å².